The van der Waals surface area contributed by atoms with E-state index in [0.29, 0.717) is 44.5 Å². The van der Waals surface area contributed by atoms with Crippen LogP contribution in [0.2, 0.25) is 0 Å². The van der Waals surface area contributed by atoms with Crippen LogP contribution in [0, 0.1) is 73.0 Å². The van der Waals surface area contributed by atoms with Crippen molar-refractivity contribution in [2.24, 2.45) is 0 Å². The van der Waals surface area contributed by atoms with Crippen molar-refractivity contribution < 1.29 is 9.59 Å². The number of hydrogen-bond donors (Lipinski definition) is 0. The molecule has 4 aliphatic rings. The van der Waals surface area contributed by atoms with Crippen LogP contribution in [0.3, 0.4) is 0 Å². The number of thiophene rings is 3. The number of Topliss-reactive ketones (excluding diaryl/α,β-unsaturated/α-hetero) is 2. The van der Waals surface area contributed by atoms with Crippen LogP contribution in [-0.4, -0.2) is 11.6 Å². The van der Waals surface area contributed by atoms with Crippen molar-refractivity contribution in [2.45, 2.75) is 38.5 Å². The van der Waals surface area contributed by atoms with Crippen molar-refractivity contribution in [3.05, 3.63) is 327 Å². The summed E-state index contributed by atoms with van der Waals surface area (Å²) < 4.78 is 0. The maximum Gasteiger partial charge on any atom is 0.194 e. The molecular formula is C80H48N4O2S3. The molecule has 11 aromatic rings. The monoisotopic (exact) mass is 1190 g/mol. The third-order valence-electron chi connectivity index (χ3n) is 18.2. The number of rotatable bonds is 8. The molecule has 0 saturated heterocycles. The fourth-order valence-electron chi connectivity index (χ4n) is 14.1. The molecule has 3 aromatic heterocycles. The standard InChI is InChI=1S/C80H48N4O2S3/c1-45-13-23-53(24-14-45)79(54-25-15-46(2)16-26-54)67-37-49(69-35-31-57(87-69)39-65-71(51(41-81)42-82)59-9-5-7-11-61(59)75(65)85)21-33-63(67)77-73(79)74-78(89-77)64-34-22-50(38-68(64)80(74,55-27-17-47(3)18-28-55)56-29-19-48(4)20-30-56)70-36-32-58(88-70)40-66-72(52(43-83)44-84)60-10-6-8-12-62(60)76(66)86/h5-40H,1-4H3/b65-39-,66-40-. The number of nitrogens with zero attached hydrogens (tertiary/aromatic N) is 4. The minimum atomic E-state index is -0.857. The quantitative estimate of drug-likeness (QED) is 0.110. The first-order chi connectivity index (χ1) is 43.4. The zero-order valence-electron chi connectivity index (χ0n) is 48.6. The number of hydrogen-bond acceptors (Lipinski definition) is 9. The molecule has 9 heteroatoms. The SMILES string of the molecule is Cc1ccc(C2(c3ccc(C)cc3)c3cc(-c4ccc(/C=C5\C(=O)c6ccccc6C5=C(C#N)C#N)s4)ccc3-c3sc4c(c32)C(c2ccc(C)cc2)(c2ccc(C)cc2)c2cc(-c3ccc(/C=C5\C(=O)c6ccccc6C5=C(C#N)C#N)s3)ccc2-4)cc1. The van der Waals surface area contributed by atoms with Crippen molar-refractivity contribution in [3.8, 4) is 66.0 Å². The predicted molar refractivity (Wildman–Crippen MR) is 358 cm³/mol. The molecule has 0 aliphatic heterocycles. The molecule has 418 valence electrons. The van der Waals surface area contributed by atoms with Gasteiger partial charge in [-0.15, -0.1) is 34.0 Å². The van der Waals surface area contributed by atoms with Gasteiger partial charge in [-0.2, -0.15) is 21.0 Å². The van der Waals surface area contributed by atoms with Crippen molar-refractivity contribution in [2.75, 3.05) is 0 Å². The number of nitriles is 4. The van der Waals surface area contributed by atoms with Gasteiger partial charge in [-0.05, 0) is 154 Å². The lowest BCUT2D eigenvalue weighted by Gasteiger charge is -2.40. The second-order valence-corrected chi connectivity index (χ2v) is 26.5. The van der Waals surface area contributed by atoms with Gasteiger partial charge in [0, 0.05) is 62.7 Å². The van der Waals surface area contributed by atoms with E-state index >= 15 is 0 Å². The van der Waals surface area contributed by atoms with E-state index < -0.39 is 10.8 Å². The van der Waals surface area contributed by atoms with Gasteiger partial charge in [0.15, 0.2) is 11.6 Å². The largest absolute Gasteiger partial charge is 0.289 e. The third kappa shape index (κ3) is 8.15. The number of carbonyl (C=O) groups is 2. The summed E-state index contributed by atoms with van der Waals surface area (Å²) in [7, 11) is 0. The summed E-state index contributed by atoms with van der Waals surface area (Å²) in [6.45, 7) is 8.56. The first kappa shape index (κ1) is 54.8. The summed E-state index contributed by atoms with van der Waals surface area (Å²) in [6.07, 6.45) is 3.67. The number of fused-ring (bicyclic) bond motifs is 9. The van der Waals surface area contributed by atoms with E-state index in [1.54, 1.807) is 59.1 Å². The topological polar surface area (TPSA) is 129 Å². The first-order valence-corrected chi connectivity index (χ1v) is 31.6. The number of carbonyl (C=O) groups excluding carboxylic acids is 2. The van der Waals surface area contributed by atoms with Gasteiger partial charge in [0.25, 0.3) is 0 Å². The summed E-state index contributed by atoms with van der Waals surface area (Å²) in [4.78, 5) is 34.3. The van der Waals surface area contributed by atoms with E-state index in [9.17, 15) is 30.6 Å². The minimum absolute atomic E-state index is 0.0941. The molecule has 8 aromatic carbocycles. The molecular weight excluding hydrogens is 1150 g/mol. The summed E-state index contributed by atoms with van der Waals surface area (Å²) in [5.74, 6) is -0.423. The Morgan fingerprint density at radius 3 is 1.02 bits per heavy atom. The second-order valence-electron chi connectivity index (χ2n) is 23.2. The Morgan fingerprint density at radius 2 is 0.697 bits per heavy atom. The smallest absolute Gasteiger partial charge is 0.194 e. The Kier molecular flexibility index (Phi) is 12.9. The maximum absolute atomic E-state index is 14.1. The Labute approximate surface area is 527 Å². The van der Waals surface area contributed by atoms with Crippen molar-refractivity contribution in [1.29, 1.82) is 21.0 Å². The average Bonchev–Trinajstić information content (AvgIpc) is 1.49. The van der Waals surface area contributed by atoms with E-state index in [0.717, 1.165) is 97.4 Å². The molecule has 15 rings (SSSR count). The molecule has 0 unspecified atom stereocenters. The Bertz CT molecular complexity index is 4790. The fraction of sp³-hybridized carbons (Fsp3) is 0.0750. The van der Waals surface area contributed by atoms with Gasteiger partial charge in [0.2, 0.25) is 0 Å². The van der Waals surface area contributed by atoms with Gasteiger partial charge in [-0.1, -0.05) is 192 Å². The molecule has 0 N–H and O–H groups in total. The van der Waals surface area contributed by atoms with Crippen molar-refractivity contribution in [3.63, 3.8) is 0 Å². The van der Waals surface area contributed by atoms with E-state index in [1.807, 2.05) is 47.8 Å². The van der Waals surface area contributed by atoms with Gasteiger partial charge in [-0.3, -0.25) is 9.59 Å². The van der Waals surface area contributed by atoms with Crippen molar-refractivity contribution in [1.82, 2.24) is 0 Å². The van der Waals surface area contributed by atoms with Crippen LogP contribution >= 0.6 is 34.0 Å². The molecule has 0 bridgehead atoms. The first-order valence-electron chi connectivity index (χ1n) is 29.2. The molecule has 4 aliphatic carbocycles. The van der Waals surface area contributed by atoms with E-state index in [2.05, 4.69) is 198 Å². The lowest BCUT2D eigenvalue weighted by atomic mass is 9.61. The van der Waals surface area contributed by atoms with Crippen LogP contribution < -0.4 is 0 Å². The van der Waals surface area contributed by atoms with Crippen molar-refractivity contribution >= 4 is 68.9 Å². The molecule has 89 heavy (non-hydrogen) atoms. The second kappa shape index (κ2) is 20.9. The zero-order valence-corrected chi connectivity index (χ0v) is 51.1. The molecule has 6 nitrogen and oxygen atoms in total. The van der Waals surface area contributed by atoms with Crippen LogP contribution in [0.5, 0.6) is 0 Å². The number of allylic oxidation sites excluding steroid dienone is 6. The van der Waals surface area contributed by atoms with Crippen LogP contribution in [0.1, 0.15) is 108 Å². The normalized spacial score (nSPS) is 15.1. The highest BCUT2D eigenvalue weighted by Gasteiger charge is 2.57. The van der Waals surface area contributed by atoms with Gasteiger partial charge in [-0.25, -0.2) is 0 Å². The third-order valence-corrected chi connectivity index (χ3v) is 21.6. The Hall–Kier alpha value is -10.9. The van der Waals surface area contributed by atoms with Crippen LogP contribution in [0.15, 0.2) is 229 Å². The molecule has 0 fully saturated rings. The summed E-state index contributed by atoms with van der Waals surface area (Å²) >= 11 is 5.01. The van der Waals surface area contributed by atoms with E-state index in [4.69, 9.17) is 0 Å². The Morgan fingerprint density at radius 1 is 0.371 bits per heavy atom. The van der Waals surface area contributed by atoms with Crippen LogP contribution in [0.25, 0.3) is 65.1 Å². The predicted octanol–water partition coefficient (Wildman–Crippen LogP) is 19.3. The molecule has 3 heterocycles. The van der Waals surface area contributed by atoms with E-state index in [-0.39, 0.29) is 22.7 Å². The highest BCUT2D eigenvalue weighted by molar-refractivity contribution is 7.19. The van der Waals surface area contributed by atoms with E-state index in [1.165, 1.54) is 20.9 Å². The van der Waals surface area contributed by atoms with Gasteiger partial charge in [0.1, 0.15) is 35.4 Å². The number of benzene rings is 8. The van der Waals surface area contributed by atoms with Gasteiger partial charge < -0.3 is 0 Å². The van der Waals surface area contributed by atoms with Gasteiger partial charge in [0.05, 0.1) is 10.8 Å². The summed E-state index contributed by atoms with van der Waals surface area (Å²) in [5, 5.41) is 40.5. The highest BCUT2D eigenvalue weighted by atomic mass is 32.1. The average molecular weight is 1190 g/mol. The zero-order chi connectivity index (χ0) is 61.0. The maximum atomic E-state index is 14.1. The molecule has 0 spiro atoms. The fourth-order valence-corrected chi connectivity index (χ4v) is 17.5. The molecule has 0 atom stereocenters. The highest BCUT2D eigenvalue weighted by Crippen LogP contribution is 2.70. The number of ketones is 2. The lowest BCUT2D eigenvalue weighted by Crippen LogP contribution is -2.35. The molecule has 0 amide bonds. The lowest BCUT2D eigenvalue weighted by molar-refractivity contribution is 0.103. The Balaban J connectivity index is 0.957. The summed E-state index contributed by atoms with van der Waals surface area (Å²) in [6, 6.07) is 81.1. The minimum Gasteiger partial charge on any atom is -0.289 e. The molecule has 0 radical (unpaired) electrons. The summed E-state index contributed by atoms with van der Waals surface area (Å²) in [5.41, 5.74) is 20.0. The number of aryl methyl sites for hydroxylation is 4. The van der Waals surface area contributed by atoms with Gasteiger partial charge >= 0.3 is 0 Å². The van der Waals surface area contributed by atoms with Crippen LogP contribution in [0.4, 0.5) is 0 Å². The molecule has 0 saturated carbocycles. The van der Waals surface area contributed by atoms with Crippen LogP contribution in [-0.2, 0) is 10.8 Å².